The molecule has 0 bridgehead atoms. The van der Waals surface area contributed by atoms with Crippen LogP contribution in [0, 0.1) is 0 Å². The molecule has 1 heterocycles. The molecule has 2 heteroatoms. The van der Waals surface area contributed by atoms with Crippen LogP contribution < -0.4 is 5.43 Å². The summed E-state index contributed by atoms with van der Waals surface area (Å²) in [5.41, 5.74) is 4.01. The lowest BCUT2D eigenvalue weighted by Gasteiger charge is -1.99. The molecule has 0 amide bonds. The summed E-state index contributed by atoms with van der Waals surface area (Å²) in [6, 6.07) is 0. The van der Waals surface area contributed by atoms with E-state index in [1.54, 1.807) is 0 Å². The first-order valence-corrected chi connectivity index (χ1v) is 3.16. The Hall–Kier alpha value is -1.01. The quantitative estimate of drug-likeness (QED) is 0.588. The SMILES string of the molecule is CCCC1=CNN=C=C1. The summed E-state index contributed by atoms with van der Waals surface area (Å²) >= 11 is 0. The molecule has 0 spiro atoms. The highest BCUT2D eigenvalue weighted by Crippen LogP contribution is 2.04. The fourth-order valence-corrected chi connectivity index (χ4v) is 0.742. The van der Waals surface area contributed by atoms with E-state index in [4.69, 9.17) is 0 Å². The Balaban J connectivity index is 2.50. The Morgan fingerprint density at radius 1 is 1.78 bits per heavy atom. The van der Waals surface area contributed by atoms with Crippen LogP contribution in [0.25, 0.3) is 0 Å². The smallest absolute Gasteiger partial charge is 0.0246 e. The number of nitrogens with one attached hydrogen (secondary N) is 1. The van der Waals surface area contributed by atoms with Crippen LogP contribution in [-0.4, -0.2) is 5.87 Å². The van der Waals surface area contributed by atoms with Crippen molar-refractivity contribution < 1.29 is 0 Å². The molecule has 1 rings (SSSR count). The van der Waals surface area contributed by atoms with Crippen molar-refractivity contribution in [2.45, 2.75) is 19.8 Å². The van der Waals surface area contributed by atoms with E-state index in [-0.39, 0.29) is 0 Å². The molecule has 0 atom stereocenters. The van der Waals surface area contributed by atoms with Gasteiger partial charge in [-0.1, -0.05) is 13.3 Å². The van der Waals surface area contributed by atoms with E-state index in [0.29, 0.717) is 0 Å². The van der Waals surface area contributed by atoms with Crippen molar-refractivity contribution in [2.24, 2.45) is 5.10 Å². The minimum Gasteiger partial charge on any atom is -0.277 e. The van der Waals surface area contributed by atoms with Gasteiger partial charge in [-0.3, -0.25) is 5.43 Å². The zero-order valence-corrected chi connectivity index (χ0v) is 5.52. The molecule has 0 aliphatic carbocycles. The van der Waals surface area contributed by atoms with Crippen molar-refractivity contribution in [1.82, 2.24) is 5.43 Å². The van der Waals surface area contributed by atoms with Gasteiger partial charge in [-0.2, -0.15) is 0 Å². The fourth-order valence-electron chi connectivity index (χ4n) is 0.742. The second-order valence-electron chi connectivity index (χ2n) is 1.98. The maximum atomic E-state index is 3.68. The molecule has 0 fully saturated rings. The maximum Gasteiger partial charge on any atom is 0.0246 e. The van der Waals surface area contributed by atoms with Crippen LogP contribution in [0.1, 0.15) is 19.8 Å². The molecule has 0 saturated heterocycles. The number of hydrazone groups is 1. The molecule has 48 valence electrons. The van der Waals surface area contributed by atoms with E-state index in [1.807, 2.05) is 12.3 Å². The van der Waals surface area contributed by atoms with Crippen LogP contribution in [0.5, 0.6) is 0 Å². The van der Waals surface area contributed by atoms with Crippen LogP contribution in [0.4, 0.5) is 0 Å². The Kier molecular flexibility index (Phi) is 2.11. The highest BCUT2D eigenvalue weighted by atomic mass is 15.3. The second kappa shape index (κ2) is 3.10. The van der Waals surface area contributed by atoms with Gasteiger partial charge in [-0.05, 0) is 12.0 Å². The van der Waals surface area contributed by atoms with Crippen LogP contribution in [0.3, 0.4) is 0 Å². The van der Waals surface area contributed by atoms with Crippen LogP contribution in [0.2, 0.25) is 0 Å². The molecule has 2 nitrogen and oxygen atoms in total. The molecule has 0 radical (unpaired) electrons. The topological polar surface area (TPSA) is 24.4 Å². The van der Waals surface area contributed by atoms with E-state index in [1.165, 1.54) is 12.0 Å². The molecule has 1 aliphatic heterocycles. The number of hydrogen-bond acceptors (Lipinski definition) is 2. The van der Waals surface area contributed by atoms with E-state index in [0.717, 1.165) is 6.42 Å². The largest absolute Gasteiger partial charge is 0.277 e. The van der Waals surface area contributed by atoms with Crippen molar-refractivity contribution in [1.29, 1.82) is 0 Å². The Bertz CT molecular complexity index is 173. The summed E-state index contributed by atoms with van der Waals surface area (Å²) in [5, 5.41) is 3.68. The van der Waals surface area contributed by atoms with Crippen LogP contribution >= 0.6 is 0 Å². The molecule has 0 unspecified atom stereocenters. The van der Waals surface area contributed by atoms with Gasteiger partial charge in [0.1, 0.15) is 0 Å². The summed E-state index contributed by atoms with van der Waals surface area (Å²) in [4.78, 5) is 0. The number of hydrogen-bond donors (Lipinski definition) is 1. The number of rotatable bonds is 2. The Morgan fingerprint density at radius 3 is 3.22 bits per heavy atom. The summed E-state index contributed by atoms with van der Waals surface area (Å²) in [6.07, 6.45) is 6.08. The normalized spacial score (nSPS) is 15.0. The van der Waals surface area contributed by atoms with Gasteiger partial charge in [0.25, 0.3) is 0 Å². The fraction of sp³-hybridized carbons (Fsp3) is 0.429. The molecular weight excluding hydrogens is 112 g/mol. The van der Waals surface area contributed by atoms with Crippen molar-refractivity contribution >= 4 is 5.87 Å². The van der Waals surface area contributed by atoms with Crippen molar-refractivity contribution in [3.63, 3.8) is 0 Å². The van der Waals surface area contributed by atoms with E-state index < -0.39 is 0 Å². The van der Waals surface area contributed by atoms with Gasteiger partial charge in [-0.15, -0.1) is 5.10 Å². The van der Waals surface area contributed by atoms with Gasteiger partial charge in [0.15, 0.2) is 0 Å². The minimum atomic E-state index is 1.11. The van der Waals surface area contributed by atoms with Gasteiger partial charge in [0, 0.05) is 18.1 Å². The van der Waals surface area contributed by atoms with E-state index in [2.05, 4.69) is 23.3 Å². The van der Waals surface area contributed by atoms with Crippen LogP contribution in [0.15, 0.2) is 23.0 Å². The predicted octanol–water partition coefficient (Wildman–Crippen LogP) is 1.41. The molecule has 0 aromatic heterocycles. The Morgan fingerprint density at radius 2 is 2.67 bits per heavy atom. The lowest BCUT2D eigenvalue weighted by Crippen LogP contribution is -1.98. The zero-order valence-electron chi connectivity index (χ0n) is 5.52. The first-order valence-electron chi connectivity index (χ1n) is 3.16. The molecule has 0 saturated carbocycles. The lowest BCUT2D eigenvalue weighted by molar-refractivity contribution is 0.883. The van der Waals surface area contributed by atoms with Gasteiger partial charge < -0.3 is 0 Å². The standard InChI is InChI=1S/C7H10N2/c1-2-3-7-4-5-8-9-6-7/h4,6,9H,2-3H2,1H3. The van der Waals surface area contributed by atoms with Crippen molar-refractivity contribution in [3.05, 3.63) is 17.8 Å². The molecule has 0 aromatic carbocycles. The molecule has 1 N–H and O–H groups in total. The highest BCUT2D eigenvalue weighted by molar-refractivity contribution is 5.58. The summed E-state index contributed by atoms with van der Waals surface area (Å²) in [7, 11) is 0. The van der Waals surface area contributed by atoms with Gasteiger partial charge >= 0.3 is 0 Å². The first-order chi connectivity index (χ1) is 4.43. The lowest BCUT2D eigenvalue weighted by atomic mass is 10.1. The Labute approximate surface area is 55.0 Å². The molecule has 9 heavy (non-hydrogen) atoms. The first kappa shape index (κ1) is 6.12. The average Bonchev–Trinajstić information content (AvgIpc) is 1.91. The third-order valence-corrected chi connectivity index (χ3v) is 1.17. The maximum absolute atomic E-state index is 3.68. The van der Waals surface area contributed by atoms with Crippen LogP contribution in [-0.2, 0) is 0 Å². The minimum absolute atomic E-state index is 1.11. The van der Waals surface area contributed by atoms with Crippen molar-refractivity contribution in [2.75, 3.05) is 0 Å². The molecule has 1 aliphatic rings. The summed E-state index contributed by atoms with van der Waals surface area (Å²) in [6.45, 7) is 2.15. The van der Waals surface area contributed by atoms with Gasteiger partial charge in [-0.25, -0.2) is 0 Å². The van der Waals surface area contributed by atoms with Crippen molar-refractivity contribution in [3.8, 4) is 0 Å². The number of allylic oxidation sites excluding steroid dienone is 2. The van der Waals surface area contributed by atoms with Gasteiger partial charge in [0.2, 0.25) is 0 Å². The van der Waals surface area contributed by atoms with E-state index in [9.17, 15) is 0 Å². The molecular formula is C7H10N2. The average molecular weight is 122 g/mol. The summed E-state index contributed by atoms with van der Waals surface area (Å²) < 4.78 is 0. The third kappa shape index (κ3) is 1.74. The highest BCUT2D eigenvalue weighted by Gasteiger charge is 1.90. The monoisotopic (exact) mass is 122 g/mol. The summed E-state index contributed by atoms with van der Waals surface area (Å²) in [5.74, 6) is 2.74. The van der Waals surface area contributed by atoms with E-state index >= 15 is 0 Å². The predicted molar refractivity (Wildman–Crippen MR) is 38.1 cm³/mol. The third-order valence-electron chi connectivity index (χ3n) is 1.17. The second-order valence-corrected chi connectivity index (χ2v) is 1.98. The molecule has 0 aromatic rings. The zero-order chi connectivity index (χ0) is 6.53. The van der Waals surface area contributed by atoms with Gasteiger partial charge in [0.05, 0.1) is 0 Å². The number of nitrogens with zero attached hydrogens (tertiary/aromatic N) is 1.